The monoisotopic (exact) mass is 249 g/mol. The molecule has 1 aliphatic rings. The largest absolute Gasteiger partial charge is 0.486 e. The van der Waals surface area contributed by atoms with E-state index in [0.717, 1.165) is 17.1 Å². The van der Waals surface area contributed by atoms with Gasteiger partial charge in [0.25, 0.3) is 0 Å². The van der Waals surface area contributed by atoms with Crippen LogP contribution >= 0.6 is 12.2 Å². The van der Waals surface area contributed by atoms with Gasteiger partial charge in [-0.15, -0.1) is 0 Å². The summed E-state index contributed by atoms with van der Waals surface area (Å²) in [6.45, 7) is 1.13. The maximum Gasteiger partial charge on any atom is 0.216 e. The topological polar surface area (TPSA) is 52.1 Å². The predicted octanol–water partition coefficient (Wildman–Crippen LogP) is 1.92. The smallest absolute Gasteiger partial charge is 0.216 e. The molecule has 0 spiro atoms. The second kappa shape index (κ2) is 3.89. The van der Waals surface area contributed by atoms with Gasteiger partial charge in [-0.05, 0) is 24.4 Å². The zero-order valence-corrected chi connectivity index (χ0v) is 10.1. The first kappa shape index (κ1) is 10.3. The average molecular weight is 249 g/mol. The Morgan fingerprint density at radius 1 is 1.35 bits per heavy atom. The van der Waals surface area contributed by atoms with Crippen LogP contribution in [0.25, 0.3) is 11.4 Å². The lowest BCUT2D eigenvalue weighted by Crippen LogP contribution is -2.15. The minimum Gasteiger partial charge on any atom is -0.486 e. The molecule has 0 saturated carbocycles. The summed E-state index contributed by atoms with van der Waals surface area (Å²) in [6, 6.07) is 5.73. The molecular weight excluding hydrogens is 238 g/mol. The van der Waals surface area contributed by atoms with Crippen LogP contribution in [0.4, 0.5) is 0 Å². The number of nitrogens with one attached hydrogen (secondary N) is 1. The number of aryl methyl sites for hydroxylation is 1. The summed E-state index contributed by atoms with van der Waals surface area (Å²) < 4.78 is 13.3. The van der Waals surface area contributed by atoms with Gasteiger partial charge in [0, 0.05) is 7.05 Å². The molecule has 5 nitrogen and oxygen atoms in total. The fraction of sp³-hybridized carbons (Fsp3) is 0.273. The SMILES string of the molecule is Cn1[nH]c(-c2cccc3c2OCCO3)nc1=S. The lowest BCUT2D eigenvalue weighted by Gasteiger charge is -2.19. The van der Waals surface area contributed by atoms with Gasteiger partial charge in [-0.3, -0.25) is 9.78 Å². The van der Waals surface area contributed by atoms with Crippen molar-refractivity contribution in [2.75, 3.05) is 13.2 Å². The summed E-state index contributed by atoms with van der Waals surface area (Å²) >= 11 is 5.08. The number of H-pyrrole nitrogens is 1. The van der Waals surface area contributed by atoms with Crippen LogP contribution in [-0.4, -0.2) is 28.0 Å². The fourth-order valence-corrected chi connectivity index (χ4v) is 1.92. The number of hydrogen-bond acceptors (Lipinski definition) is 4. The number of hydrogen-bond donors (Lipinski definition) is 1. The fourth-order valence-electron chi connectivity index (χ4n) is 1.78. The van der Waals surface area contributed by atoms with E-state index in [1.165, 1.54) is 0 Å². The summed E-state index contributed by atoms with van der Waals surface area (Å²) in [7, 11) is 1.82. The zero-order chi connectivity index (χ0) is 11.8. The molecule has 1 aromatic carbocycles. The number of fused-ring (bicyclic) bond motifs is 1. The van der Waals surface area contributed by atoms with Crippen molar-refractivity contribution in [1.29, 1.82) is 0 Å². The average Bonchev–Trinajstić information content (AvgIpc) is 2.69. The molecule has 0 saturated heterocycles. The number of ether oxygens (including phenoxy) is 2. The molecule has 1 N–H and O–H groups in total. The first-order chi connectivity index (χ1) is 8.25. The molecule has 88 valence electrons. The predicted molar refractivity (Wildman–Crippen MR) is 64.8 cm³/mol. The molecule has 0 fully saturated rings. The molecule has 2 aromatic rings. The van der Waals surface area contributed by atoms with Crippen molar-refractivity contribution >= 4 is 12.2 Å². The van der Waals surface area contributed by atoms with Crippen molar-refractivity contribution < 1.29 is 9.47 Å². The Morgan fingerprint density at radius 2 is 2.18 bits per heavy atom. The molecule has 17 heavy (non-hydrogen) atoms. The molecule has 1 aromatic heterocycles. The lowest BCUT2D eigenvalue weighted by molar-refractivity contribution is 0.172. The van der Waals surface area contributed by atoms with E-state index < -0.39 is 0 Å². The second-order valence-corrected chi connectivity index (χ2v) is 4.11. The van der Waals surface area contributed by atoms with Gasteiger partial charge in [0.05, 0.1) is 5.56 Å². The number of benzene rings is 1. The highest BCUT2D eigenvalue weighted by Crippen LogP contribution is 2.38. The Balaban J connectivity index is 2.17. The number of aromatic amines is 1. The molecule has 0 radical (unpaired) electrons. The standard InChI is InChI=1S/C11H11N3O2S/c1-14-11(17)12-10(13-14)7-3-2-4-8-9(7)16-6-5-15-8/h2-4H,5-6H2,1H3,(H,12,13,17). The van der Waals surface area contributed by atoms with Crippen LogP contribution in [0.15, 0.2) is 18.2 Å². The number of para-hydroxylation sites is 1. The molecule has 0 atom stereocenters. The van der Waals surface area contributed by atoms with E-state index in [1.807, 2.05) is 25.2 Å². The van der Waals surface area contributed by atoms with Crippen LogP contribution in [0.1, 0.15) is 0 Å². The Bertz CT molecular complexity index is 617. The highest BCUT2D eigenvalue weighted by molar-refractivity contribution is 7.71. The molecule has 3 rings (SSSR count). The normalized spacial score (nSPS) is 13.7. The summed E-state index contributed by atoms with van der Waals surface area (Å²) in [4.78, 5) is 4.28. The first-order valence-corrected chi connectivity index (χ1v) is 5.68. The van der Waals surface area contributed by atoms with Crippen LogP contribution in [0, 0.1) is 4.77 Å². The van der Waals surface area contributed by atoms with Gasteiger partial charge in [0.15, 0.2) is 17.3 Å². The van der Waals surface area contributed by atoms with Crippen molar-refractivity contribution in [3.05, 3.63) is 23.0 Å². The molecule has 0 bridgehead atoms. The van der Waals surface area contributed by atoms with E-state index in [-0.39, 0.29) is 0 Å². The molecule has 0 aliphatic carbocycles. The van der Waals surface area contributed by atoms with Gasteiger partial charge in [-0.25, -0.2) is 0 Å². The first-order valence-electron chi connectivity index (χ1n) is 5.28. The van der Waals surface area contributed by atoms with Crippen molar-refractivity contribution in [3.8, 4) is 22.9 Å². The van der Waals surface area contributed by atoms with E-state index in [0.29, 0.717) is 23.8 Å². The Morgan fingerprint density at radius 3 is 2.94 bits per heavy atom. The van der Waals surface area contributed by atoms with Crippen molar-refractivity contribution in [1.82, 2.24) is 14.8 Å². The van der Waals surface area contributed by atoms with Crippen LogP contribution in [0.5, 0.6) is 11.5 Å². The molecule has 0 amide bonds. The third-order valence-electron chi connectivity index (χ3n) is 2.59. The van der Waals surface area contributed by atoms with Gasteiger partial charge >= 0.3 is 0 Å². The molecule has 1 aliphatic heterocycles. The van der Waals surface area contributed by atoms with Gasteiger partial charge in [-0.2, -0.15) is 4.98 Å². The highest BCUT2D eigenvalue weighted by Gasteiger charge is 2.18. The highest BCUT2D eigenvalue weighted by atomic mass is 32.1. The number of nitrogens with zero attached hydrogens (tertiary/aromatic N) is 2. The van der Waals surface area contributed by atoms with Crippen LogP contribution < -0.4 is 9.47 Å². The Hall–Kier alpha value is -1.82. The van der Waals surface area contributed by atoms with Crippen molar-refractivity contribution in [3.63, 3.8) is 0 Å². The Labute approximate surface area is 103 Å². The molecule has 6 heteroatoms. The van der Waals surface area contributed by atoms with E-state index in [1.54, 1.807) is 4.68 Å². The van der Waals surface area contributed by atoms with E-state index >= 15 is 0 Å². The van der Waals surface area contributed by atoms with Crippen molar-refractivity contribution in [2.24, 2.45) is 7.05 Å². The molecular formula is C11H11N3O2S. The lowest BCUT2D eigenvalue weighted by atomic mass is 10.1. The number of rotatable bonds is 1. The third-order valence-corrected chi connectivity index (χ3v) is 2.95. The van der Waals surface area contributed by atoms with E-state index in [9.17, 15) is 0 Å². The quantitative estimate of drug-likeness (QED) is 0.784. The Kier molecular flexibility index (Phi) is 2.36. The van der Waals surface area contributed by atoms with E-state index in [4.69, 9.17) is 21.7 Å². The second-order valence-electron chi connectivity index (χ2n) is 3.74. The van der Waals surface area contributed by atoms with Gasteiger partial charge in [-0.1, -0.05) is 6.07 Å². The number of aromatic nitrogens is 3. The van der Waals surface area contributed by atoms with Crippen LogP contribution in [0.3, 0.4) is 0 Å². The van der Waals surface area contributed by atoms with Crippen LogP contribution in [-0.2, 0) is 7.05 Å². The van der Waals surface area contributed by atoms with Gasteiger partial charge in [0.1, 0.15) is 13.2 Å². The molecule has 2 heterocycles. The van der Waals surface area contributed by atoms with Gasteiger partial charge in [0.2, 0.25) is 4.77 Å². The van der Waals surface area contributed by atoms with E-state index in [2.05, 4.69) is 10.1 Å². The summed E-state index contributed by atoms with van der Waals surface area (Å²) in [6.07, 6.45) is 0. The maximum atomic E-state index is 5.63. The maximum absolute atomic E-state index is 5.63. The summed E-state index contributed by atoms with van der Waals surface area (Å²) in [5.74, 6) is 2.17. The minimum atomic E-state index is 0.509. The zero-order valence-electron chi connectivity index (χ0n) is 9.27. The van der Waals surface area contributed by atoms with Crippen molar-refractivity contribution in [2.45, 2.75) is 0 Å². The summed E-state index contributed by atoms with van der Waals surface area (Å²) in [5, 5.41) is 3.08. The molecule has 0 unspecified atom stereocenters. The van der Waals surface area contributed by atoms with Gasteiger partial charge < -0.3 is 9.47 Å². The third kappa shape index (κ3) is 1.70. The van der Waals surface area contributed by atoms with Crippen LogP contribution in [0.2, 0.25) is 0 Å². The minimum absolute atomic E-state index is 0.509. The summed E-state index contributed by atoms with van der Waals surface area (Å²) in [5.41, 5.74) is 0.869.